The molecule has 1 amide bonds. The highest BCUT2D eigenvalue weighted by molar-refractivity contribution is 5.75. The number of furan rings is 1. The quantitative estimate of drug-likeness (QED) is 0.750. The standard InChI is InChI=1S/C18H21N5O3/c1-11-8-12(2)23(21-11)18-20-14(4)13(3)17(25)22(18)10-16(24)19-9-15-6-5-7-26-15/h5-8H,9-10H2,1-4H3,(H,19,24). The Morgan fingerprint density at radius 3 is 2.65 bits per heavy atom. The van der Waals surface area contributed by atoms with Crippen molar-refractivity contribution in [3.8, 4) is 5.95 Å². The third-order valence-corrected chi connectivity index (χ3v) is 4.16. The second-order valence-corrected chi connectivity index (χ2v) is 6.21. The monoisotopic (exact) mass is 355 g/mol. The maximum Gasteiger partial charge on any atom is 0.258 e. The molecule has 1 N–H and O–H groups in total. The Hall–Kier alpha value is -3.16. The van der Waals surface area contributed by atoms with Gasteiger partial charge in [-0.15, -0.1) is 0 Å². The summed E-state index contributed by atoms with van der Waals surface area (Å²) in [5.41, 5.74) is 2.51. The van der Waals surface area contributed by atoms with Gasteiger partial charge in [0.2, 0.25) is 11.9 Å². The second kappa shape index (κ2) is 6.99. The highest BCUT2D eigenvalue weighted by Gasteiger charge is 2.18. The van der Waals surface area contributed by atoms with Crippen LogP contribution in [-0.4, -0.2) is 25.2 Å². The fraction of sp³-hybridized carbons (Fsp3) is 0.333. The summed E-state index contributed by atoms with van der Waals surface area (Å²) >= 11 is 0. The van der Waals surface area contributed by atoms with E-state index in [2.05, 4.69) is 15.4 Å². The summed E-state index contributed by atoms with van der Waals surface area (Å²) < 4.78 is 8.13. The fourth-order valence-electron chi connectivity index (χ4n) is 2.68. The van der Waals surface area contributed by atoms with E-state index in [0.717, 1.165) is 11.4 Å². The maximum atomic E-state index is 12.8. The van der Waals surface area contributed by atoms with E-state index in [9.17, 15) is 9.59 Å². The van der Waals surface area contributed by atoms with Crippen LogP contribution in [0.15, 0.2) is 33.7 Å². The summed E-state index contributed by atoms with van der Waals surface area (Å²) in [6.07, 6.45) is 1.54. The molecule has 8 nitrogen and oxygen atoms in total. The first kappa shape index (κ1) is 17.7. The smallest absolute Gasteiger partial charge is 0.258 e. The van der Waals surface area contributed by atoms with E-state index in [1.165, 1.54) is 4.57 Å². The Kier molecular flexibility index (Phi) is 4.75. The molecule has 0 aliphatic heterocycles. The average Bonchev–Trinajstić information content (AvgIpc) is 3.22. The van der Waals surface area contributed by atoms with Crippen LogP contribution in [0, 0.1) is 27.7 Å². The van der Waals surface area contributed by atoms with Crippen molar-refractivity contribution >= 4 is 5.91 Å². The molecule has 3 heterocycles. The number of nitrogens with one attached hydrogen (secondary N) is 1. The molecule has 0 fully saturated rings. The van der Waals surface area contributed by atoms with Gasteiger partial charge in [0, 0.05) is 17.0 Å². The number of aryl methyl sites for hydroxylation is 3. The lowest BCUT2D eigenvalue weighted by Crippen LogP contribution is -2.36. The predicted octanol–water partition coefficient (Wildman–Crippen LogP) is 1.57. The van der Waals surface area contributed by atoms with E-state index in [1.807, 2.05) is 19.9 Å². The zero-order valence-electron chi connectivity index (χ0n) is 15.2. The van der Waals surface area contributed by atoms with E-state index in [0.29, 0.717) is 23.0 Å². The first-order valence-corrected chi connectivity index (χ1v) is 8.27. The molecular formula is C18H21N5O3. The van der Waals surface area contributed by atoms with Crippen LogP contribution >= 0.6 is 0 Å². The van der Waals surface area contributed by atoms with Crippen molar-refractivity contribution < 1.29 is 9.21 Å². The number of carbonyl (C=O) groups is 1. The molecule has 0 aliphatic carbocycles. The van der Waals surface area contributed by atoms with Crippen LogP contribution in [0.3, 0.4) is 0 Å². The lowest BCUT2D eigenvalue weighted by Gasteiger charge is -2.15. The Labute approximate surface area is 150 Å². The van der Waals surface area contributed by atoms with Crippen molar-refractivity contribution in [1.29, 1.82) is 0 Å². The third-order valence-electron chi connectivity index (χ3n) is 4.16. The van der Waals surface area contributed by atoms with Crippen LogP contribution in [-0.2, 0) is 17.9 Å². The molecular weight excluding hydrogens is 334 g/mol. The summed E-state index contributed by atoms with van der Waals surface area (Å²) in [6, 6.07) is 5.41. The number of carbonyl (C=O) groups excluding carboxylic acids is 1. The molecule has 0 aliphatic rings. The number of hydrogen-bond donors (Lipinski definition) is 1. The molecule has 8 heteroatoms. The molecule has 0 aromatic carbocycles. The molecule has 3 rings (SSSR count). The summed E-state index contributed by atoms with van der Waals surface area (Å²) in [6.45, 7) is 7.32. The first-order chi connectivity index (χ1) is 12.4. The van der Waals surface area contributed by atoms with Gasteiger partial charge < -0.3 is 9.73 Å². The van der Waals surface area contributed by atoms with Crippen molar-refractivity contribution in [3.63, 3.8) is 0 Å². The molecule has 0 radical (unpaired) electrons. The van der Waals surface area contributed by atoms with Gasteiger partial charge in [-0.05, 0) is 45.9 Å². The topological polar surface area (TPSA) is 95.0 Å². The fourth-order valence-corrected chi connectivity index (χ4v) is 2.68. The average molecular weight is 355 g/mol. The number of hydrogen-bond acceptors (Lipinski definition) is 5. The van der Waals surface area contributed by atoms with E-state index < -0.39 is 0 Å². The van der Waals surface area contributed by atoms with Crippen LogP contribution in [0.2, 0.25) is 0 Å². The molecule has 0 saturated heterocycles. The summed E-state index contributed by atoms with van der Waals surface area (Å²) in [7, 11) is 0. The molecule has 0 saturated carbocycles. The van der Waals surface area contributed by atoms with Crippen molar-refractivity contribution in [2.75, 3.05) is 0 Å². The Bertz CT molecular complexity index is 999. The zero-order chi connectivity index (χ0) is 18.8. The number of nitrogens with zero attached hydrogens (tertiary/aromatic N) is 4. The van der Waals surface area contributed by atoms with Crippen molar-refractivity contribution in [1.82, 2.24) is 24.6 Å². The van der Waals surface area contributed by atoms with Gasteiger partial charge in [-0.3, -0.25) is 14.2 Å². The van der Waals surface area contributed by atoms with Crippen LogP contribution < -0.4 is 10.9 Å². The normalized spacial score (nSPS) is 10.9. The molecule has 0 spiro atoms. The molecule has 136 valence electrons. The molecule has 3 aromatic heterocycles. The zero-order valence-corrected chi connectivity index (χ0v) is 15.2. The summed E-state index contributed by atoms with van der Waals surface area (Å²) in [4.78, 5) is 29.6. The van der Waals surface area contributed by atoms with Gasteiger partial charge in [0.25, 0.3) is 5.56 Å². The lowest BCUT2D eigenvalue weighted by atomic mass is 10.2. The molecule has 0 atom stereocenters. The van der Waals surface area contributed by atoms with Gasteiger partial charge >= 0.3 is 0 Å². The number of rotatable bonds is 5. The van der Waals surface area contributed by atoms with Gasteiger partial charge in [-0.2, -0.15) is 5.10 Å². The predicted molar refractivity (Wildman–Crippen MR) is 95.1 cm³/mol. The van der Waals surface area contributed by atoms with Gasteiger partial charge in [0.15, 0.2) is 0 Å². The molecule has 0 bridgehead atoms. The summed E-state index contributed by atoms with van der Waals surface area (Å²) in [5.74, 6) is 0.663. The largest absolute Gasteiger partial charge is 0.467 e. The van der Waals surface area contributed by atoms with Crippen molar-refractivity contribution in [2.24, 2.45) is 0 Å². The number of aromatic nitrogens is 4. The first-order valence-electron chi connectivity index (χ1n) is 8.27. The van der Waals surface area contributed by atoms with Gasteiger partial charge in [0.1, 0.15) is 12.3 Å². The van der Waals surface area contributed by atoms with E-state index in [4.69, 9.17) is 4.42 Å². The van der Waals surface area contributed by atoms with Crippen LogP contribution in [0.25, 0.3) is 5.95 Å². The van der Waals surface area contributed by atoms with Crippen LogP contribution in [0.5, 0.6) is 0 Å². The molecule has 3 aromatic rings. The van der Waals surface area contributed by atoms with Gasteiger partial charge in [-0.1, -0.05) is 0 Å². The minimum atomic E-state index is -0.309. The highest BCUT2D eigenvalue weighted by atomic mass is 16.3. The van der Waals surface area contributed by atoms with Gasteiger partial charge in [-0.25, -0.2) is 9.67 Å². The minimum Gasteiger partial charge on any atom is -0.467 e. The van der Waals surface area contributed by atoms with E-state index in [-0.39, 0.29) is 24.6 Å². The molecule has 26 heavy (non-hydrogen) atoms. The number of amides is 1. The highest BCUT2D eigenvalue weighted by Crippen LogP contribution is 2.11. The van der Waals surface area contributed by atoms with E-state index >= 15 is 0 Å². The lowest BCUT2D eigenvalue weighted by molar-refractivity contribution is -0.122. The van der Waals surface area contributed by atoms with E-state index in [1.54, 1.807) is 36.9 Å². The Balaban J connectivity index is 1.94. The maximum absolute atomic E-state index is 12.8. The third kappa shape index (κ3) is 3.44. The molecule has 0 unspecified atom stereocenters. The van der Waals surface area contributed by atoms with Crippen molar-refractivity contribution in [3.05, 3.63) is 63.2 Å². The van der Waals surface area contributed by atoms with Gasteiger partial charge in [0.05, 0.1) is 18.5 Å². The minimum absolute atomic E-state index is 0.151. The summed E-state index contributed by atoms with van der Waals surface area (Å²) in [5, 5.41) is 7.14. The Morgan fingerprint density at radius 1 is 1.27 bits per heavy atom. The second-order valence-electron chi connectivity index (χ2n) is 6.21. The van der Waals surface area contributed by atoms with Crippen LogP contribution in [0.4, 0.5) is 0 Å². The van der Waals surface area contributed by atoms with Crippen LogP contribution in [0.1, 0.15) is 28.4 Å². The Morgan fingerprint density at radius 2 is 2.04 bits per heavy atom. The SMILES string of the molecule is Cc1cc(C)n(-c2nc(C)c(C)c(=O)n2CC(=O)NCc2ccco2)n1. The van der Waals surface area contributed by atoms with Crippen molar-refractivity contribution in [2.45, 2.75) is 40.8 Å².